The molecule has 0 aliphatic carbocycles. The third-order valence-corrected chi connectivity index (χ3v) is 4.54. The molecule has 1 amide bonds. The zero-order valence-corrected chi connectivity index (χ0v) is 14.9. The van der Waals surface area contributed by atoms with Crippen molar-refractivity contribution in [3.8, 4) is 17.0 Å². The van der Waals surface area contributed by atoms with E-state index >= 15 is 0 Å². The fraction of sp³-hybridized carbons (Fsp3) is 0.0526. The second-order valence-electron chi connectivity index (χ2n) is 5.85. The molecule has 142 valence electrons. The first-order chi connectivity index (χ1) is 13.4. The van der Waals surface area contributed by atoms with Crippen LogP contribution < -0.4 is 10.1 Å². The molecule has 0 aliphatic heterocycles. The van der Waals surface area contributed by atoms with Crippen LogP contribution >= 0.6 is 11.3 Å². The monoisotopic (exact) mass is 403 g/mol. The van der Waals surface area contributed by atoms with Crippen LogP contribution in [0.2, 0.25) is 0 Å². The van der Waals surface area contributed by atoms with Crippen LogP contribution in [0.1, 0.15) is 10.5 Å². The molecule has 0 unspecified atom stereocenters. The standard InChI is InChI=1S/C19H12F3N3O2S/c20-19(21,22)27-12-4-1-3-11(7-12)16-8-13-14(24-16)5-2-6-15(13)25-18(26)17-9-28-10-23-17/h1-10,24H,(H,25,26). The van der Waals surface area contributed by atoms with Gasteiger partial charge in [0.1, 0.15) is 11.4 Å². The minimum atomic E-state index is -4.76. The SMILES string of the molecule is O=C(Nc1cccc2[nH]c(-c3cccc(OC(F)(F)F)c3)cc12)c1cscn1. The Morgan fingerprint density at radius 2 is 1.96 bits per heavy atom. The largest absolute Gasteiger partial charge is 0.573 e. The number of benzene rings is 2. The van der Waals surface area contributed by atoms with Gasteiger partial charge in [0.2, 0.25) is 0 Å². The quantitative estimate of drug-likeness (QED) is 0.477. The summed E-state index contributed by atoms with van der Waals surface area (Å²) in [5.41, 5.74) is 4.30. The van der Waals surface area contributed by atoms with E-state index in [1.807, 2.05) is 6.07 Å². The van der Waals surface area contributed by atoms with Crippen LogP contribution in [0.15, 0.2) is 59.4 Å². The molecule has 0 radical (unpaired) electrons. The van der Waals surface area contributed by atoms with Crippen LogP contribution in [0.4, 0.5) is 18.9 Å². The lowest BCUT2D eigenvalue weighted by molar-refractivity contribution is -0.274. The molecule has 5 nitrogen and oxygen atoms in total. The lowest BCUT2D eigenvalue weighted by Crippen LogP contribution is -2.17. The highest BCUT2D eigenvalue weighted by molar-refractivity contribution is 7.07. The summed E-state index contributed by atoms with van der Waals surface area (Å²) >= 11 is 1.32. The summed E-state index contributed by atoms with van der Waals surface area (Å²) < 4.78 is 41.4. The number of carbonyl (C=O) groups excluding carboxylic acids is 1. The van der Waals surface area contributed by atoms with E-state index in [1.54, 1.807) is 35.2 Å². The highest BCUT2D eigenvalue weighted by atomic mass is 32.1. The smallest absolute Gasteiger partial charge is 0.406 e. The van der Waals surface area contributed by atoms with Gasteiger partial charge < -0.3 is 15.0 Å². The molecular weight excluding hydrogens is 391 g/mol. The number of nitrogens with zero attached hydrogens (tertiary/aromatic N) is 1. The number of hydrogen-bond donors (Lipinski definition) is 2. The number of nitrogens with one attached hydrogen (secondary N) is 2. The predicted molar refractivity (Wildman–Crippen MR) is 100 cm³/mol. The number of thiazole rings is 1. The van der Waals surface area contributed by atoms with Crippen molar-refractivity contribution in [2.45, 2.75) is 6.36 Å². The lowest BCUT2D eigenvalue weighted by Gasteiger charge is -2.09. The van der Waals surface area contributed by atoms with E-state index in [9.17, 15) is 18.0 Å². The van der Waals surface area contributed by atoms with Crippen LogP contribution in [0.5, 0.6) is 5.75 Å². The summed E-state index contributed by atoms with van der Waals surface area (Å²) in [5, 5.41) is 5.17. The fourth-order valence-electron chi connectivity index (χ4n) is 2.79. The van der Waals surface area contributed by atoms with Crippen molar-refractivity contribution in [2.75, 3.05) is 5.32 Å². The fourth-order valence-corrected chi connectivity index (χ4v) is 3.32. The Balaban J connectivity index is 1.67. The molecule has 0 spiro atoms. The summed E-state index contributed by atoms with van der Waals surface area (Å²) in [7, 11) is 0. The number of hydrogen-bond acceptors (Lipinski definition) is 4. The summed E-state index contributed by atoms with van der Waals surface area (Å²) in [5.74, 6) is -0.641. The van der Waals surface area contributed by atoms with Crippen LogP contribution in [-0.2, 0) is 0 Å². The third kappa shape index (κ3) is 3.84. The number of carbonyl (C=O) groups is 1. The number of anilines is 1. The number of fused-ring (bicyclic) bond motifs is 1. The molecule has 4 rings (SSSR count). The maximum absolute atomic E-state index is 12.5. The average molecular weight is 403 g/mol. The molecule has 4 aromatic rings. The molecule has 28 heavy (non-hydrogen) atoms. The Morgan fingerprint density at radius 1 is 1.14 bits per heavy atom. The minimum Gasteiger partial charge on any atom is -0.406 e. The highest BCUT2D eigenvalue weighted by Crippen LogP contribution is 2.32. The van der Waals surface area contributed by atoms with E-state index in [4.69, 9.17) is 0 Å². The number of ether oxygens (including phenoxy) is 1. The van der Waals surface area contributed by atoms with Gasteiger partial charge in [0.25, 0.3) is 5.91 Å². The number of halogens is 3. The van der Waals surface area contributed by atoms with Gasteiger partial charge in [-0.05, 0) is 30.3 Å². The first-order valence-corrected chi connectivity index (χ1v) is 9.01. The Kier molecular flexibility index (Phi) is 4.52. The Hall–Kier alpha value is -3.33. The van der Waals surface area contributed by atoms with Crippen LogP contribution in [0, 0.1) is 0 Å². The van der Waals surface area contributed by atoms with Crippen molar-refractivity contribution in [1.82, 2.24) is 9.97 Å². The van der Waals surface area contributed by atoms with Gasteiger partial charge in [-0.25, -0.2) is 4.98 Å². The van der Waals surface area contributed by atoms with E-state index in [-0.39, 0.29) is 11.7 Å². The molecule has 0 fully saturated rings. The lowest BCUT2D eigenvalue weighted by atomic mass is 10.1. The van der Waals surface area contributed by atoms with Gasteiger partial charge in [-0.1, -0.05) is 18.2 Å². The number of aromatic nitrogens is 2. The number of rotatable bonds is 4. The molecule has 0 saturated heterocycles. The molecule has 0 aliphatic rings. The number of aromatic amines is 1. The number of alkyl halides is 3. The van der Waals surface area contributed by atoms with E-state index in [0.717, 1.165) is 10.9 Å². The molecule has 2 aromatic carbocycles. The molecule has 2 aromatic heterocycles. The van der Waals surface area contributed by atoms with Crippen LogP contribution in [0.3, 0.4) is 0 Å². The zero-order valence-electron chi connectivity index (χ0n) is 14.1. The van der Waals surface area contributed by atoms with Gasteiger partial charge in [-0.3, -0.25) is 4.79 Å². The Bertz CT molecular complexity index is 1140. The number of amides is 1. The van der Waals surface area contributed by atoms with Crippen LogP contribution in [-0.4, -0.2) is 22.2 Å². The Morgan fingerprint density at radius 3 is 2.71 bits per heavy atom. The zero-order chi connectivity index (χ0) is 19.7. The summed E-state index contributed by atoms with van der Waals surface area (Å²) in [4.78, 5) is 19.4. The first-order valence-electron chi connectivity index (χ1n) is 8.06. The average Bonchev–Trinajstić information content (AvgIpc) is 3.31. The second-order valence-corrected chi connectivity index (χ2v) is 6.57. The van der Waals surface area contributed by atoms with Crippen molar-refractivity contribution in [2.24, 2.45) is 0 Å². The molecule has 2 heterocycles. The van der Waals surface area contributed by atoms with Crippen molar-refractivity contribution >= 4 is 33.8 Å². The number of H-pyrrole nitrogens is 1. The van der Waals surface area contributed by atoms with Crippen molar-refractivity contribution in [3.63, 3.8) is 0 Å². The first kappa shape index (κ1) is 18.1. The molecule has 0 atom stereocenters. The van der Waals surface area contributed by atoms with Crippen molar-refractivity contribution < 1.29 is 22.7 Å². The van der Waals surface area contributed by atoms with Crippen molar-refractivity contribution in [1.29, 1.82) is 0 Å². The van der Waals surface area contributed by atoms with Gasteiger partial charge >= 0.3 is 6.36 Å². The molecular formula is C19H12F3N3O2S. The molecule has 2 N–H and O–H groups in total. The van der Waals surface area contributed by atoms with E-state index in [0.29, 0.717) is 22.6 Å². The predicted octanol–water partition coefficient (Wildman–Crippen LogP) is 5.44. The third-order valence-electron chi connectivity index (χ3n) is 3.96. The summed E-state index contributed by atoms with van der Waals surface area (Å²) in [6.07, 6.45) is -4.76. The van der Waals surface area contributed by atoms with Gasteiger partial charge in [0.15, 0.2) is 0 Å². The van der Waals surface area contributed by atoms with Gasteiger partial charge in [0, 0.05) is 27.5 Å². The molecule has 0 saturated carbocycles. The molecule has 9 heteroatoms. The molecule has 0 bridgehead atoms. The normalized spacial score (nSPS) is 11.5. The Labute approximate surface area is 160 Å². The van der Waals surface area contributed by atoms with Gasteiger partial charge in [-0.2, -0.15) is 0 Å². The second kappa shape index (κ2) is 7.01. The summed E-state index contributed by atoms with van der Waals surface area (Å²) in [6.45, 7) is 0. The summed E-state index contributed by atoms with van der Waals surface area (Å²) in [6, 6.07) is 12.8. The van der Waals surface area contributed by atoms with Gasteiger partial charge in [0.05, 0.1) is 11.2 Å². The van der Waals surface area contributed by atoms with E-state index in [1.165, 1.54) is 29.5 Å². The van der Waals surface area contributed by atoms with E-state index in [2.05, 4.69) is 20.0 Å². The van der Waals surface area contributed by atoms with Crippen molar-refractivity contribution in [3.05, 3.63) is 65.1 Å². The maximum atomic E-state index is 12.5. The topological polar surface area (TPSA) is 67.0 Å². The van der Waals surface area contributed by atoms with Crippen LogP contribution in [0.25, 0.3) is 22.2 Å². The van der Waals surface area contributed by atoms with E-state index < -0.39 is 6.36 Å². The maximum Gasteiger partial charge on any atom is 0.573 e. The van der Waals surface area contributed by atoms with Gasteiger partial charge in [-0.15, -0.1) is 24.5 Å². The minimum absolute atomic E-state index is 0.305. The highest BCUT2D eigenvalue weighted by Gasteiger charge is 2.31.